The highest BCUT2D eigenvalue weighted by atomic mass is 32.2. The van der Waals surface area contributed by atoms with Gasteiger partial charge in [-0.2, -0.15) is 28.4 Å². The molecule has 2 N–H and O–H groups in total. The van der Waals surface area contributed by atoms with E-state index >= 15 is 4.39 Å². The number of methoxy groups -OCH3 is 1. The molecule has 3 fully saturated rings. The molecular formula is C32H33F6N7O2S2. The maximum absolute atomic E-state index is 16.4. The van der Waals surface area contributed by atoms with Crippen molar-refractivity contribution in [2.24, 2.45) is 0 Å². The standard InChI is InChI=1S/C25H21F5N6O2S2.C7H12FN/c1-35(11-6-7-36(10-11)40(3)37)23-13-8-15(25(28,29)30)18(19(27)20(13)33-24(34-23)38-2)12-4-5-16(26)21-17(12)14(9-31)22(32)39-21;8-6-4-7-2-1-3-9(7)5-6/h4-5,8,11H,6-7,10,32H2,1-3H3;6-7H,1-5H2. The Morgan fingerprint density at radius 2 is 1.94 bits per heavy atom. The number of benzene rings is 2. The van der Waals surface area contributed by atoms with Gasteiger partial charge in [-0.3, -0.25) is 4.90 Å². The van der Waals surface area contributed by atoms with Crippen LogP contribution in [-0.4, -0.2) is 88.2 Å². The van der Waals surface area contributed by atoms with Crippen LogP contribution in [0.1, 0.15) is 36.8 Å². The summed E-state index contributed by atoms with van der Waals surface area (Å²) in [5, 5.41) is 9.08. The lowest BCUT2D eigenvalue weighted by molar-refractivity contribution is -0.137. The van der Waals surface area contributed by atoms with Gasteiger partial charge in [-0.05, 0) is 49.9 Å². The van der Waals surface area contributed by atoms with E-state index in [2.05, 4.69) is 14.9 Å². The number of ether oxygens (including phenoxy) is 1. The number of fused-ring (bicyclic) bond motifs is 3. The van der Waals surface area contributed by atoms with Crippen molar-refractivity contribution in [1.29, 1.82) is 5.26 Å². The molecule has 3 saturated heterocycles. The Balaban J connectivity index is 0.000000396. The highest BCUT2D eigenvalue weighted by Gasteiger charge is 2.39. The molecule has 4 aromatic rings. The van der Waals surface area contributed by atoms with E-state index in [-0.39, 0.29) is 49.5 Å². The van der Waals surface area contributed by atoms with E-state index in [0.717, 1.165) is 31.2 Å². The van der Waals surface area contributed by atoms with Crippen LogP contribution in [0, 0.1) is 23.0 Å². The Morgan fingerprint density at radius 3 is 2.57 bits per heavy atom. The average molecular weight is 726 g/mol. The average Bonchev–Trinajstić information content (AvgIpc) is 3.84. The minimum Gasteiger partial charge on any atom is -0.467 e. The molecule has 262 valence electrons. The van der Waals surface area contributed by atoms with Crippen molar-refractivity contribution in [3.63, 3.8) is 0 Å². The lowest BCUT2D eigenvalue weighted by Gasteiger charge is -2.27. The molecule has 0 aliphatic carbocycles. The van der Waals surface area contributed by atoms with E-state index in [0.29, 0.717) is 43.4 Å². The van der Waals surface area contributed by atoms with Crippen molar-refractivity contribution in [2.75, 3.05) is 57.2 Å². The molecule has 4 unspecified atom stereocenters. The number of thiophene rings is 1. The summed E-state index contributed by atoms with van der Waals surface area (Å²) in [5.74, 6) is -2.16. The molecule has 0 radical (unpaired) electrons. The largest absolute Gasteiger partial charge is 0.467 e. The van der Waals surface area contributed by atoms with Gasteiger partial charge < -0.3 is 15.4 Å². The fraction of sp³-hybridized carbons (Fsp3) is 0.469. The topological polar surface area (TPSA) is 112 Å². The summed E-state index contributed by atoms with van der Waals surface area (Å²) in [5.41, 5.74) is 2.55. The molecule has 2 aromatic carbocycles. The number of nitrogens with two attached hydrogens (primary N) is 1. The number of nitrogens with zero attached hydrogens (tertiary/aromatic N) is 6. The maximum atomic E-state index is 16.4. The van der Waals surface area contributed by atoms with E-state index in [1.54, 1.807) is 22.3 Å². The first-order chi connectivity index (χ1) is 23.2. The lowest BCUT2D eigenvalue weighted by atomic mass is 9.92. The van der Waals surface area contributed by atoms with Gasteiger partial charge in [-0.1, -0.05) is 6.07 Å². The van der Waals surface area contributed by atoms with Crippen LogP contribution in [0.5, 0.6) is 6.01 Å². The molecule has 3 aliphatic rings. The van der Waals surface area contributed by atoms with E-state index in [1.165, 1.54) is 26.2 Å². The monoisotopic (exact) mass is 725 g/mol. The fourth-order valence-electron chi connectivity index (χ4n) is 7.01. The van der Waals surface area contributed by atoms with Crippen molar-refractivity contribution in [3.05, 3.63) is 41.0 Å². The summed E-state index contributed by atoms with van der Waals surface area (Å²) < 4.78 is 106. The lowest BCUT2D eigenvalue weighted by Crippen LogP contribution is -2.35. The molecule has 2 aromatic heterocycles. The van der Waals surface area contributed by atoms with Gasteiger partial charge >= 0.3 is 12.2 Å². The molecule has 49 heavy (non-hydrogen) atoms. The molecule has 0 amide bonds. The summed E-state index contributed by atoms with van der Waals surface area (Å²) in [7, 11) is 1.60. The molecule has 0 spiro atoms. The molecule has 7 rings (SSSR count). The molecular weight excluding hydrogens is 693 g/mol. The van der Waals surface area contributed by atoms with Gasteiger partial charge in [0.2, 0.25) is 0 Å². The number of rotatable bonds is 5. The summed E-state index contributed by atoms with van der Waals surface area (Å²) in [6, 6.07) is 4.49. The third-order valence-electron chi connectivity index (χ3n) is 9.41. The molecule has 17 heteroatoms. The number of hydrogen-bond acceptors (Lipinski definition) is 9. The molecule has 3 aliphatic heterocycles. The van der Waals surface area contributed by atoms with Gasteiger partial charge in [0.05, 0.1) is 33.9 Å². The summed E-state index contributed by atoms with van der Waals surface area (Å²) in [6.07, 6.45) is -0.171. The van der Waals surface area contributed by atoms with Crippen LogP contribution in [0.4, 0.5) is 37.2 Å². The zero-order valence-electron chi connectivity index (χ0n) is 26.8. The summed E-state index contributed by atoms with van der Waals surface area (Å²) in [6.45, 7) is 2.70. The number of hydrogen-bond donors (Lipinski definition) is 1. The highest BCUT2D eigenvalue weighted by Crippen LogP contribution is 2.48. The van der Waals surface area contributed by atoms with Crippen LogP contribution in [-0.2, 0) is 17.2 Å². The second kappa shape index (κ2) is 13.5. The first kappa shape index (κ1) is 35.1. The molecule has 9 nitrogen and oxygen atoms in total. The number of nitriles is 1. The Kier molecular flexibility index (Phi) is 9.70. The zero-order valence-corrected chi connectivity index (χ0v) is 28.4. The first-order valence-electron chi connectivity index (χ1n) is 15.5. The van der Waals surface area contributed by atoms with Gasteiger partial charge in [-0.15, -0.1) is 11.3 Å². The van der Waals surface area contributed by atoms with Gasteiger partial charge in [0, 0.05) is 61.4 Å². The normalized spacial score (nSPS) is 21.8. The van der Waals surface area contributed by atoms with Crippen LogP contribution >= 0.6 is 11.3 Å². The third-order valence-corrected chi connectivity index (χ3v) is 11.5. The number of halogens is 6. The number of nitrogen functional groups attached to an aromatic ring is 1. The Bertz CT molecular complexity index is 1970. The molecule has 5 heterocycles. The van der Waals surface area contributed by atoms with Crippen molar-refractivity contribution in [2.45, 2.75) is 50.1 Å². The Hall–Kier alpha value is -3.72. The second-order valence-electron chi connectivity index (χ2n) is 12.3. The first-order valence-corrected chi connectivity index (χ1v) is 17.8. The SMILES string of the molecule is COc1nc(N(C)C2CCN(S(C)=O)C2)c2cc(C(F)(F)F)c(-c3ccc(F)c4sc(N)c(C#N)c34)c(F)c2n1.FC1CC2CCCN2C1. The fourth-order valence-corrected chi connectivity index (χ4v) is 8.70. The van der Waals surface area contributed by atoms with Crippen LogP contribution < -0.4 is 15.4 Å². The summed E-state index contributed by atoms with van der Waals surface area (Å²) >= 11 is 0.689. The summed E-state index contributed by atoms with van der Waals surface area (Å²) in [4.78, 5) is 12.2. The van der Waals surface area contributed by atoms with Crippen LogP contribution in [0.25, 0.3) is 32.1 Å². The van der Waals surface area contributed by atoms with Gasteiger partial charge in [-0.25, -0.2) is 21.7 Å². The van der Waals surface area contributed by atoms with E-state index in [4.69, 9.17) is 10.5 Å². The molecule has 0 bridgehead atoms. The van der Waals surface area contributed by atoms with Crippen LogP contribution in [0.2, 0.25) is 0 Å². The van der Waals surface area contributed by atoms with Crippen molar-refractivity contribution in [1.82, 2.24) is 19.2 Å². The van der Waals surface area contributed by atoms with Crippen molar-refractivity contribution < 1.29 is 35.3 Å². The molecule has 0 saturated carbocycles. The quantitative estimate of drug-likeness (QED) is 0.240. The number of anilines is 2. The van der Waals surface area contributed by atoms with Crippen molar-refractivity contribution in [3.8, 4) is 23.2 Å². The predicted octanol–water partition coefficient (Wildman–Crippen LogP) is 6.27. The second-order valence-corrected chi connectivity index (χ2v) is 14.7. The van der Waals surface area contributed by atoms with E-state index in [9.17, 15) is 31.4 Å². The smallest absolute Gasteiger partial charge is 0.417 e. The minimum absolute atomic E-state index is 0.00622. The minimum atomic E-state index is -5.06. The Morgan fingerprint density at radius 1 is 1.18 bits per heavy atom. The van der Waals surface area contributed by atoms with Crippen molar-refractivity contribution >= 4 is 54.1 Å². The Labute approximate surface area is 284 Å². The predicted molar refractivity (Wildman–Crippen MR) is 178 cm³/mol. The number of aromatic nitrogens is 2. The third kappa shape index (κ3) is 6.51. The van der Waals surface area contributed by atoms with Crippen LogP contribution in [0.15, 0.2) is 18.2 Å². The van der Waals surface area contributed by atoms with Gasteiger partial charge in [0.1, 0.15) is 34.4 Å². The maximum Gasteiger partial charge on any atom is 0.417 e. The van der Waals surface area contributed by atoms with Gasteiger partial charge in [0.25, 0.3) is 0 Å². The molecule has 4 atom stereocenters. The number of likely N-dealkylation sites (N-methyl/N-ethyl adjacent to an activating group) is 1. The highest BCUT2D eigenvalue weighted by molar-refractivity contribution is 7.81. The van der Waals surface area contributed by atoms with E-state index in [1.807, 2.05) is 0 Å². The van der Waals surface area contributed by atoms with Crippen LogP contribution in [0.3, 0.4) is 0 Å². The van der Waals surface area contributed by atoms with E-state index < -0.39 is 51.6 Å². The van der Waals surface area contributed by atoms with Gasteiger partial charge in [0.15, 0.2) is 5.82 Å². The number of alkyl halides is 4. The zero-order chi connectivity index (χ0) is 35.4.